The van der Waals surface area contributed by atoms with E-state index in [2.05, 4.69) is 0 Å². The number of methoxy groups -OCH3 is 1. The molecule has 0 spiro atoms. The van der Waals surface area contributed by atoms with Gasteiger partial charge in [0.05, 0.1) is 13.7 Å². The second-order valence-electron chi connectivity index (χ2n) is 6.58. The summed E-state index contributed by atoms with van der Waals surface area (Å²) in [7, 11) is 1.62. The average Bonchev–Trinajstić information content (AvgIpc) is 2.94. The molecule has 2 amide bonds. The standard InChI is InChI=1S/C20H30N2O4/c1-17(23)21(14-11-20(24)22-12-5-3-4-6-13-22)15-16-26-19-9-7-18(25-2)8-10-19/h7-10H,3-6,11-16H2,1-2H3. The van der Waals surface area contributed by atoms with Gasteiger partial charge in [-0.05, 0) is 37.1 Å². The van der Waals surface area contributed by atoms with Crippen LogP contribution in [0.2, 0.25) is 0 Å². The van der Waals surface area contributed by atoms with Crippen molar-refractivity contribution >= 4 is 11.8 Å². The van der Waals surface area contributed by atoms with E-state index >= 15 is 0 Å². The molecule has 1 aliphatic heterocycles. The predicted molar refractivity (Wildman–Crippen MR) is 100 cm³/mol. The first-order valence-corrected chi connectivity index (χ1v) is 9.40. The number of carbonyl (C=O) groups excluding carboxylic acids is 2. The topological polar surface area (TPSA) is 59.1 Å². The van der Waals surface area contributed by atoms with Gasteiger partial charge in [-0.25, -0.2) is 0 Å². The zero-order valence-electron chi connectivity index (χ0n) is 15.9. The number of benzene rings is 1. The fraction of sp³-hybridized carbons (Fsp3) is 0.600. The highest BCUT2D eigenvalue weighted by atomic mass is 16.5. The average molecular weight is 362 g/mol. The van der Waals surface area contributed by atoms with Crippen molar-refractivity contribution in [1.82, 2.24) is 9.80 Å². The van der Waals surface area contributed by atoms with Gasteiger partial charge in [0, 0.05) is 33.0 Å². The molecule has 144 valence electrons. The first-order chi connectivity index (χ1) is 12.6. The van der Waals surface area contributed by atoms with Gasteiger partial charge in [-0.2, -0.15) is 0 Å². The lowest BCUT2D eigenvalue weighted by atomic mass is 10.2. The number of nitrogens with zero attached hydrogens (tertiary/aromatic N) is 2. The number of amides is 2. The highest BCUT2D eigenvalue weighted by molar-refractivity contribution is 5.78. The summed E-state index contributed by atoms with van der Waals surface area (Å²) in [5, 5.41) is 0. The summed E-state index contributed by atoms with van der Waals surface area (Å²) in [6.07, 6.45) is 4.94. The van der Waals surface area contributed by atoms with Crippen LogP contribution in [0.4, 0.5) is 0 Å². The van der Waals surface area contributed by atoms with Gasteiger partial charge in [-0.15, -0.1) is 0 Å². The molecule has 1 aliphatic rings. The van der Waals surface area contributed by atoms with Crippen LogP contribution in [0.25, 0.3) is 0 Å². The van der Waals surface area contributed by atoms with E-state index in [9.17, 15) is 9.59 Å². The molecule has 1 saturated heterocycles. The fourth-order valence-corrected chi connectivity index (χ4v) is 3.08. The molecule has 6 heteroatoms. The Morgan fingerprint density at radius 3 is 2.19 bits per heavy atom. The van der Waals surface area contributed by atoms with Crippen molar-refractivity contribution in [1.29, 1.82) is 0 Å². The van der Waals surface area contributed by atoms with Crippen molar-refractivity contribution < 1.29 is 19.1 Å². The lowest BCUT2D eigenvalue weighted by molar-refractivity contribution is -0.133. The first kappa shape index (κ1) is 20.1. The number of likely N-dealkylation sites (tertiary alicyclic amines) is 1. The molecule has 6 nitrogen and oxygen atoms in total. The normalized spacial score (nSPS) is 14.5. The Kier molecular flexibility index (Phi) is 8.25. The van der Waals surface area contributed by atoms with Crippen LogP contribution in [0, 0.1) is 0 Å². The van der Waals surface area contributed by atoms with Gasteiger partial charge in [-0.1, -0.05) is 12.8 Å². The Morgan fingerprint density at radius 1 is 1.00 bits per heavy atom. The molecule has 26 heavy (non-hydrogen) atoms. The molecular weight excluding hydrogens is 332 g/mol. The quantitative estimate of drug-likeness (QED) is 0.713. The minimum absolute atomic E-state index is 0.0352. The van der Waals surface area contributed by atoms with Crippen molar-refractivity contribution in [2.75, 3.05) is 39.9 Å². The van der Waals surface area contributed by atoms with Crippen LogP contribution < -0.4 is 9.47 Å². The smallest absolute Gasteiger partial charge is 0.224 e. The lowest BCUT2D eigenvalue weighted by Crippen LogP contribution is -2.38. The number of hydrogen-bond donors (Lipinski definition) is 0. The fourth-order valence-electron chi connectivity index (χ4n) is 3.08. The Hall–Kier alpha value is -2.24. The minimum atomic E-state index is -0.0352. The van der Waals surface area contributed by atoms with Gasteiger partial charge in [0.1, 0.15) is 18.1 Å². The van der Waals surface area contributed by atoms with Crippen molar-refractivity contribution in [3.05, 3.63) is 24.3 Å². The first-order valence-electron chi connectivity index (χ1n) is 9.40. The Labute approximate surface area is 156 Å². The van der Waals surface area contributed by atoms with Gasteiger partial charge < -0.3 is 19.3 Å². The molecule has 0 saturated carbocycles. The van der Waals surface area contributed by atoms with Crippen LogP contribution in [-0.2, 0) is 9.59 Å². The summed E-state index contributed by atoms with van der Waals surface area (Å²) in [4.78, 5) is 27.8. The second-order valence-corrected chi connectivity index (χ2v) is 6.58. The van der Waals surface area contributed by atoms with Crippen LogP contribution in [0.1, 0.15) is 39.0 Å². The molecule has 0 atom stereocenters. The third-order valence-electron chi connectivity index (χ3n) is 4.69. The summed E-state index contributed by atoms with van der Waals surface area (Å²) >= 11 is 0. The van der Waals surface area contributed by atoms with E-state index in [1.165, 1.54) is 19.8 Å². The van der Waals surface area contributed by atoms with Gasteiger partial charge in [-0.3, -0.25) is 9.59 Å². The van der Waals surface area contributed by atoms with Gasteiger partial charge in [0.15, 0.2) is 0 Å². The third-order valence-corrected chi connectivity index (χ3v) is 4.69. The van der Waals surface area contributed by atoms with Crippen LogP contribution in [0.3, 0.4) is 0 Å². The van der Waals surface area contributed by atoms with Gasteiger partial charge >= 0.3 is 0 Å². The van der Waals surface area contributed by atoms with Crippen LogP contribution >= 0.6 is 0 Å². The van der Waals surface area contributed by atoms with E-state index in [0.29, 0.717) is 26.1 Å². The highest BCUT2D eigenvalue weighted by Gasteiger charge is 2.17. The number of rotatable bonds is 8. The third kappa shape index (κ3) is 6.58. The maximum absolute atomic E-state index is 12.4. The summed E-state index contributed by atoms with van der Waals surface area (Å²) in [6, 6.07) is 7.33. The molecule has 0 aromatic heterocycles. The SMILES string of the molecule is COc1ccc(OCCN(CCC(=O)N2CCCCCC2)C(C)=O)cc1. The molecule has 0 unspecified atom stereocenters. The summed E-state index contributed by atoms with van der Waals surface area (Å²) in [5.41, 5.74) is 0. The molecule has 2 rings (SSSR count). The van der Waals surface area contributed by atoms with Gasteiger partial charge in [0.2, 0.25) is 11.8 Å². The lowest BCUT2D eigenvalue weighted by Gasteiger charge is -2.24. The Morgan fingerprint density at radius 2 is 1.62 bits per heavy atom. The number of carbonyl (C=O) groups is 2. The number of ether oxygens (including phenoxy) is 2. The molecular formula is C20H30N2O4. The van der Waals surface area contributed by atoms with Crippen LogP contribution in [0.5, 0.6) is 11.5 Å². The van der Waals surface area contributed by atoms with Crippen molar-refractivity contribution in [2.45, 2.75) is 39.0 Å². The van der Waals surface area contributed by atoms with Gasteiger partial charge in [0.25, 0.3) is 0 Å². The molecule has 0 radical (unpaired) electrons. The maximum Gasteiger partial charge on any atom is 0.224 e. The van der Waals surface area contributed by atoms with E-state index in [1.54, 1.807) is 12.0 Å². The molecule has 0 aliphatic carbocycles. The van der Waals surface area contributed by atoms with Crippen molar-refractivity contribution in [3.63, 3.8) is 0 Å². The second kappa shape index (κ2) is 10.7. The monoisotopic (exact) mass is 362 g/mol. The zero-order chi connectivity index (χ0) is 18.8. The maximum atomic E-state index is 12.4. The largest absolute Gasteiger partial charge is 0.497 e. The highest BCUT2D eigenvalue weighted by Crippen LogP contribution is 2.17. The molecule has 0 N–H and O–H groups in total. The van der Waals surface area contributed by atoms with Crippen molar-refractivity contribution in [2.24, 2.45) is 0 Å². The Bertz CT molecular complexity index is 566. The van der Waals surface area contributed by atoms with Crippen LogP contribution in [-0.4, -0.2) is 61.5 Å². The summed E-state index contributed by atoms with van der Waals surface area (Å²) in [5.74, 6) is 1.62. The molecule has 1 aromatic carbocycles. The molecule has 0 bridgehead atoms. The van der Waals surface area contributed by atoms with Crippen LogP contribution in [0.15, 0.2) is 24.3 Å². The molecule has 1 aromatic rings. The van der Waals surface area contributed by atoms with Crippen molar-refractivity contribution in [3.8, 4) is 11.5 Å². The van der Waals surface area contributed by atoms with E-state index in [0.717, 1.165) is 37.4 Å². The summed E-state index contributed by atoms with van der Waals surface area (Å²) < 4.78 is 10.8. The van der Waals surface area contributed by atoms with E-state index < -0.39 is 0 Å². The number of hydrogen-bond acceptors (Lipinski definition) is 4. The van der Waals surface area contributed by atoms with E-state index in [1.807, 2.05) is 29.2 Å². The van der Waals surface area contributed by atoms with E-state index in [-0.39, 0.29) is 11.8 Å². The van der Waals surface area contributed by atoms with E-state index in [4.69, 9.17) is 9.47 Å². The molecule has 1 heterocycles. The Balaban J connectivity index is 1.74. The predicted octanol–water partition coefficient (Wildman–Crippen LogP) is 2.72. The zero-order valence-corrected chi connectivity index (χ0v) is 15.9. The minimum Gasteiger partial charge on any atom is -0.497 e. The summed E-state index contributed by atoms with van der Waals surface area (Å²) in [6.45, 7) is 4.53. The molecule has 1 fully saturated rings.